The molecule has 0 fully saturated rings. The van der Waals surface area contributed by atoms with Crippen molar-refractivity contribution in [2.24, 2.45) is 5.41 Å². The third-order valence-corrected chi connectivity index (χ3v) is 4.93. The van der Waals surface area contributed by atoms with Crippen molar-refractivity contribution in [1.82, 2.24) is 0 Å². The van der Waals surface area contributed by atoms with E-state index in [-0.39, 0.29) is 0 Å². The van der Waals surface area contributed by atoms with Gasteiger partial charge in [0.1, 0.15) is 0 Å². The zero-order valence-corrected chi connectivity index (χ0v) is 17.0. The monoisotopic (exact) mass is 368 g/mol. The summed E-state index contributed by atoms with van der Waals surface area (Å²) in [5.74, 6) is -1.38. The molecule has 0 radical (unpaired) electrons. The van der Waals surface area contributed by atoms with E-state index in [1.165, 1.54) is 38.5 Å². The van der Waals surface area contributed by atoms with E-state index in [2.05, 4.69) is 12.2 Å². The number of carboxylic acid groups (broad SMARTS) is 2. The Balaban J connectivity index is 3.27. The molecule has 0 saturated carbocycles. The van der Waals surface area contributed by atoms with Crippen molar-refractivity contribution in [2.45, 2.75) is 110 Å². The van der Waals surface area contributed by atoms with Gasteiger partial charge in [0.05, 0.1) is 5.41 Å². The minimum atomic E-state index is -0.694. The number of allylic oxidation sites excluding steroid dienone is 2. The molecular formula is C22H40O4. The summed E-state index contributed by atoms with van der Waals surface area (Å²) in [6.07, 6.45) is 20.4. The number of carboxylic acids is 2. The largest absolute Gasteiger partial charge is 0.481 e. The number of hydrogen-bond donors (Lipinski definition) is 2. The molecule has 4 nitrogen and oxygen atoms in total. The van der Waals surface area contributed by atoms with Crippen molar-refractivity contribution in [3.05, 3.63) is 12.2 Å². The molecule has 0 aromatic heterocycles. The number of aliphatic carboxylic acids is 2. The molecule has 0 rings (SSSR count). The van der Waals surface area contributed by atoms with Gasteiger partial charge in [0.2, 0.25) is 0 Å². The van der Waals surface area contributed by atoms with Gasteiger partial charge >= 0.3 is 11.9 Å². The van der Waals surface area contributed by atoms with Gasteiger partial charge in [-0.25, -0.2) is 0 Å². The third-order valence-electron chi connectivity index (χ3n) is 4.93. The molecule has 0 unspecified atom stereocenters. The minimum absolute atomic E-state index is 0.309. The second-order valence-corrected chi connectivity index (χ2v) is 8.02. The maximum atomic E-state index is 11.0. The molecule has 0 bridgehead atoms. The first kappa shape index (κ1) is 24.7. The number of hydrogen-bond acceptors (Lipinski definition) is 2. The van der Waals surface area contributed by atoms with Gasteiger partial charge in [-0.1, -0.05) is 63.5 Å². The van der Waals surface area contributed by atoms with Gasteiger partial charge < -0.3 is 10.2 Å². The van der Waals surface area contributed by atoms with Gasteiger partial charge in [0.15, 0.2) is 0 Å². The van der Waals surface area contributed by atoms with Crippen LogP contribution in [-0.2, 0) is 9.59 Å². The van der Waals surface area contributed by atoms with Crippen LogP contribution in [0.15, 0.2) is 12.2 Å². The average molecular weight is 369 g/mol. The molecule has 0 saturated heterocycles. The molecule has 0 aliphatic carbocycles. The predicted molar refractivity (Wildman–Crippen MR) is 107 cm³/mol. The molecular weight excluding hydrogens is 328 g/mol. The highest BCUT2D eigenvalue weighted by molar-refractivity contribution is 5.73. The second-order valence-electron chi connectivity index (χ2n) is 8.02. The zero-order chi connectivity index (χ0) is 19.7. The average Bonchev–Trinajstić information content (AvgIpc) is 2.57. The third kappa shape index (κ3) is 16.2. The number of unbranched alkanes of at least 4 members (excludes halogenated alkanes) is 11. The fourth-order valence-electron chi connectivity index (χ4n) is 2.95. The van der Waals surface area contributed by atoms with Crippen LogP contribution in [0, 0.1) is 5.41 Å². The lowest BCUT2D eigenvalue weighted by Crippen LogP contribution is -2.23. The van der Waals surface area contributed by atoms with Crippen molar-refractivity contribution in [2.75, 3.05) is 0 Å². The first-order valence-electron chi connectivity index (χ1n) is 10.5. The van der Waals surface area contributed by atoms with Crippen LogP contribution in [0.25, 0.3) is 0 Å². The maximum Gasteiger partial charge on any atom is 0.309 e. The Morgan fingerprint density at radius 1 is 0.692 bits per heavy atom. The molecule has 4 heteroatoms. The molecule has 0 atom stereocenters. The summed E-state index contributed by atoms with van der Waals surface area (Å²) in [5.41, 5.74) is -0.582. The highest BCUT2D eigenvalue weighted by Crippen LogP contribution is 2.24. The number of carbonyl (C=O) groups is 2. The Kier molecular flexibility index (Phi) is 15.1. The molecule has 0 aromatic carbocycles. The Hall–Kier alpha value is -1.32. The van der Waals surface area contributed by atoms with Crippen LogP contribution in [0.2, 0.25) is 0 Å². The van der Waals surface area contributed by atoms with Crippen molar-refractivity contribution < 1.29 is 19.8 Å². The Labute approximate surface area is 160 Å². The Morgan fingerprint density at radius 2 is 1.12 bits per heavy atom. The molecule has 0 aliphatic rings. The van der Waals surface area contributed by atoms with Crippen molar-refractivity contribution >= 4 is 11.9 Å². The lowest BCUT2D eigenvalue weighted by atomic mass is 9.87. The molecule has 0 aromatic rings. The standard InChI is InChI=1S/C22H40O4/c1-22(2,21(25)26)19-17-15-13-11-9-7-5-3-4-6-8-10-12-14-16-18-20(23)24/h3,5H,4,6-19H2,1-2H3,(H,23,24)(H,25,26). The Morgan fingerprint density at radius 3 is 1.58 bits per heavy atom. The van der Waals surface area contributed by atoms with Crippen LogP contribution in [0.4, 0.5) is 0 Å². The van der Waals surface area contributed by atoms with Gasteiger partial charge in [-0.3, -0.25) is 9.59 Å². The van der Waals surface area contributed by atoms with Gasteiger partial charge in [-0.05, 0) is 52.4 Å². The van der Waals surface area contributed by atoms with E-state index in [1.807, 2.05) is 0 Å². The second kappa shape index (κ2) is 15.9. The van der Waals surface area contributed by atoms with E-state index in [0.717, 1.165) is 51.4 Å². The van der Waals surface area contributed by atoms with E-state index >= 15 is 0 Å². The summed E-state index contributed by atoms with van der Waals surface area (Å²) in [6.45, 7) is 3.61. The van der Waals surface area contributed by atoms with Gasteiger partial charge in [-0.2, -0.15) is 0 Å². The quantitative estimate of drug-likeness (QED) is 0.211. The van der Waals surface area contributed by atoms with Gasteiger partial charge in [-0.15, -0.1) is 0 Å². The van der Waals surface area contributed by atoms with E-state index in [4.69, 9.17) is 10.2 Å². The Bertz CT molecular complexity index is 399. The lowest BCUT2D eigenvalue weighted by molar-refractivity contribution is -0.147. The highest BCUT2D eigenvalue weighted by Gasteiger charge is 2.25. The van der Waals surface area contributed by atoms with Crippen LogP contribution in [0.3, 0.4) is 0 Å². The van der Waals surface area contributed by atoms with Crippen molar-refractivity contribution in [3.63, 3.8) is 0 Å². The number of rotatable bonds is 18. The first-order valence-corrected chi connectivity index (χ1v) is 10.5. The lowest BCUT2D eigenvalue weighted by Gasteiger charge is -2.18. The smallest absolute Gasteiger partial charge is 0.309 e. The van der Waals surface area contributed by atoms with E-state index in [0.29, 0.717) is 6.42 Å². The molecule has 152 valence electrons. The van der Waals surface area contributed by atoms with Crippen molar-refractivity contribution in [1.29, 1.82) is 0 Å². The van der Waals surface area contributed by atoms with Crippen LogP contribution in [0.1, 0.15) is 110 Å². The molecule has 0 aliphatic heterocycles. The van der Waals surface area contributed by atoms with E-state index < -0.39 is 17.4 Å². The highest BCUT2D eigenvalue weighted by atomic mass is 16.4. The predicted octanol–water partition coefficient (Wildman–Crippen LogP) is 6.59. The fourth-order valence-corrected chi connectivity index (χ4v) is 2.95. The SMILES string of the molecule is CC(C)(CCCCCCCC=CCCCCCCCCC(=O)O)C(=O)O. The zero-order valence-electron chi connectivity index (χ0n) is 17.0. The van der Waals surface area contributed by atoms with Crippen LogP contribution in [0.5, 0.6) is 0 Å². The maximum absolute atomic E-state index is 11.0. The fraction of sp³-hybridized carbons (Fsp3) is 0.818. The van der Waals surface area contributed by atoms with Crippen LogP contribution < -0.4 is 0 Å². The topological polar surface area (TPSA) is 74.6 Å². The van der Waals surface area contributed by atoms with Crippen LogP contribution in [-0.4, -0.2) is 22.2 Å². The van der Waals surface area contributed by atoms with Gasteiger partial charge in [0, 0.05) is 6.42 Å². The molecule has 26 heavy (non-hydrogen) atoms. The van der Waals surface area contributed by atoms with E-state index in [1.54, 1.807) is 13.8 Å². The van der Waals surface area contributed by atoms with Gasteiger partial charge in [0.25, 0.3) is 0 Å². The van der Waals surface area contributed by atoms with E-state index in [9.17, 15) is 9.59 Å². The molecule has 2 N–H and O–H groups in total. The molecule has 0 heterocycles. The summed E-state index contributed by atoms with van der Waals surface area (Å²) < 4.78 is 0. The molecule has 0 spiro atoms. The normalized spacial score (nSPS) is 11.9. The first-order chi connectivity index (χ1) is 12.4. The summed E-state index contributed by atoms with van der Waals surface area (Å²) >= 11 is 0. The molecule has 0 amide bonds. The summed E-state index contributed by atoms with van der Waals surface area (Å²) in [6, 6.07) is 0. The minimum Gasteiger partial charge on any atom is -0.481 e. The summed E-state index contributed by atoms with van der Waals surface area (Å²) in [4.78, 5) is 21.4. The summed E-state index contributed by atoms with van der Waals surface area (Å²) in [5, 5.41) is 17.6. The summed E-state index contributed by atoms with van der Waals surface area (Å²) in [7, 11) is 0. The van der Waals surface area contributed by atoms with Crippen LogP contribution >= 0.6 is 0 Å². The van der Waals surface area contributed by atoms with Crippen molar-refractivity contribution in [3.8, 4) is 0 Å².